The number of hydrogen-bond acceptors (Lipinski definition) is 12. The average molecular weight is 536 g/mol. The maximum atomic E-state index is 10.2. The van der Waals surface area contributed by atoms with E-state index in [4.69, 9.17) is 9.18 Å². The maximum absolute atomic E-state index is 10.2. The van der Waals surface area contributed by atoms with Gasteiger partial charge in [0.15, 0.2) is 0 Å². The standard InChI is InChI=1S/C27H25BN8O4/c1-27(2)22-19(28(38)40-27)8-9-21(32-22)33-26-30-14-18(25-34-23(36-39-25)17-10-12-29-13-11-17)24(35-26)31-20(15-37)16-6-4-3-5-7-16/h3-14,20,37-38H,15H2,1-2H3,(H2,30,31,32,33,35)/t20-/m1/s1. The number of anilines is 3. The van der Waals surface area contributed by atoms with Gasteiger partial charge in [-0.3, -0.25) is 4.98 Å². The predicted molar refractivity (Wildman–Crippen MR) is 148 cm³/mol. The van der Waals surface area contributed by atoms with Crippen molar-refractivity contribution in [1.82, 2.24) is 30.1 Å². The first-order valence-corrected chi connectivity index (χ1v) is 12.6. The summed E-state index contributed by atoms with van der Waals surface area (Å²) in [5.41, 5.74) is 2.55. The summed E-state index contributed by atoms with van der Waals surface area (Å²) in [6, 6.07) is 16.1. The minimum Gasteiger partial charge on any atom is -0.423 e. The van der Waals surface area contributed by atoms with Gasteiger partial charge in [-0.05, 0) is 37.6 Å². The summed E-state index contributed by atoms with van der Waals surface area (Å²) in [6.45, 7) is 3.50. The van der Waals surface area contributed by atoms with Crippen LogP contribution in [0, 0.1) is 0 Å². The Bertz CT molecular complexity index is 1630. The fraction of sp³-hybridized carbons (Fsp3) is 0.185. The Labute approximate surface area is 229 Å². The zero-order valence-corrected chi connectivity index (χ0v) is 21.7. The third-order valence-corrected chi connectivity index (χ3v) is 6.49. The van der Waals surface area contributed by atoms with Gasteiger partial charge >= 0.3 is 7.12 Å². The third kappa shape index (κ3) is 5.00. The van der Waals surface area contributed by atoms with Gasteiger partial charge in [-0.25, -0.2) is 9.97 Å². The second-order valence-electron chi connectivity index (χ2n) is 9.64. The molecule has 0 saturated heterocycles. The summed E-state index contributed by atoms with van der Waals surface area (Å²) in [4.78, 5) is 22.3. The predicted octanol–water partition coefficient (Wildman–Crippen LogP) is 2.83. The Kier molecular flexibility index (Phi) is 6.68. The van der Waals surface area contributed by atoms with Crippen molar-refractivity contribution in [2.75, 3.05) is 17.2 Å². The smallest absolute Gasteiger partial charge is 0.423 e. The molecule has 1 aliphatic rings. The first-order chi connectivity index (χ1) is 19.4. The lowest BCUT2D eigenvalue weighted by molar-refractivity contribution is 0.0970. The van der Waals surface area contributed by atoms with E-state index < -0.39 is 18.8 Å². The monoisotopic (exact) mass is 536 g/mol. The molecule has 0 aliphatic carbocycles. The molecule has 1 aliphatic heterocycles. The van der Waals surface area contributed by atoms with Crippen LogP contribution in [0.25, 0.3) is 22.8 Å². The normalized spacial score (nSPS) is 14.6. The molecule has 5 aromatic rings. The van der Waals surface area contributed by atoms with Crippen molar-refractivity contribution in [3.8, 4) is 22.8 Å². The largest absolute Gasteiger partial charge is 0.493 e. The number of aliphatic hydroxyl groups is 1. The van der Waals surface area contributed by atoms with Crippen LogP contribution in [0.2, 0.25) is 0 Å². The molecule has 0 radical (unpaired) electrons. The summed E-state index contributed by atoms with van der Waals surface area (Å²) in [6.07, 6.45) is 4.86. The van der Waals surface area contributed by atoms with Gasteiger partial charge in [0.25, 0.3) is 5.89 Å². The third-order valence-electron chi connectivity index (χ3n) is 6.49. The van der Waals surface area contributed by atoms with Gasteiger partial charge in [0.05, 0.1) is 23.9 Å². The van der Waals surface area contributed by atoms with Gasteiger partial charge in [0.2, 0.25) is 11.8 Å². The molecule has 4 N–H and O–H groups in total. The number of fused-ring (bicyclic) bond motifs is 1. The molecule has 200 valence electrons. The molecule has 13 heteroatoms. The number of benzene rings is 1. The number of aromatic nitrogens is 6. The van der Waals surface area contributed by atoms with E-state index in [1.165, 1.54) is 0 Å². The highest BCUT2D eigenvalue weighted by atomic mass is 16.5. The summed E-state index contributed by atoms with van der Waals surface area (Å²) < 4.78 is 11.2. The number of hydrogen-bond donors (Lipinski definition) is 4. The second-order valence-corrected chi connectivity index (χ2v) is 9.64. The number of pyridine rings is 2. The summed E-state index contributed by atoms with van der Waals surface area (Å²) in [5.74, 6) is 1.68. The topological polar surface area (TPSA) is 164 Å². The molecule has 1 atom stereocenters. The SMILES string of the molecule is CC1(C)OB(O)c2ccc(Nc3ncc(-c4nc(-c5ccncc5)no4)c(N[C@H](CO)c4ccccc4)n3)nc21. The van der Waals surface area contributed by atoms with Crippen LogP contribution in [-0.4, -0.2) is 53.9 Å². The van der Waals surface area contributed by atoms with Crippen LogP contribution in [0.5, 0.6) is 0 Å². The molecular weight excluding hydrogens is 511 g/mol. The fourth-order valence-electron chi connectivity index (χ4n) is 4.48. The molecule has 0 bridgehead atoms. The minimum atomic E-state index is -1.03. The number of aliphatic hydroxyl groups excluding tert-OH is 1. The summed E-state index contributed by atoms with van der Waals surface area (Å²) in [7, 11) is -1.03. The highest BCUT2D eigenvalue weighted by molar-refractivity contribution is 6.61. The molecule has 5 heterocycles. The highest BCUT2D eigenvalue weighted by Crippen LogP contribution is 2.32. The Morgan fingerprint density at radius 3 is 2.58 bits per heavy atom. The second kappa shape index (κ2) is 10.5. The van der Waals surface area contributed by atoms with Crippen LogP contribution in [0.3, 0.4) is 0 Å². The van der Waals surface area contributed by atoms with Gasteiger partial charge in [-0.2, -0.15) is 9.97 Å². The van der Waals surface area contributed by atoms with E-state index in [0.717, 1.165) is 11.1 Å². The van der Waals surface area contributed by atoms with Gasteiger partial charge in [-0.1, -0.05) is 41.6 Å². The van der Waals surface area contributed by atoms with Crippen molar-refractivity contribution in [2.45, 2.75) is 25.5 Å². The summed E-state index contributed by atoms with van der Waals surface area (Å²) in [5, 5.41) is 30.9. The van der Waals surface area contributed by atoms with Crippen LogP contribution < -0.4 is 16.1 Å². The van der Waals surface area contributed by atoms with Crippen LogP contribution in [-0.2, 0) is 10.3 Å². The molecule has 0 spiro atoms. The Balaban J connectivity index is 1.36. The summed E-state index contributed by atoms with van der Waals surface area (Å²) >= 11 is 0. The van der Waals surface area contributed by atoms with Gasteiger partial charge in [0.1, 0.15) is 17.2 Å². The molecule has 0 saturated carbocycles. The molecule has 6 rings (SSSR count). The molecule has 12 nitrogen and oxygen atoms in total. The lowest BCUT2D eigenvalue weighted by Crippen LogP contribution is -2.28. The van der Waals surface area contributed by atoms with Crippen LogP contribution in [0.15, 0.2) is 77.7 Å². The van der Waals surface area contributed by atoms with Crippen LogP contribution in [0.4, 0.5) is 17.6 Å². The Hall–Kier alpha value is -4.72. The Morgan fingerprint density at radius 2 is 1.80 bits per heavy atom. The van der Waals surface area contributed by atoms with E-state index in [9.17, 15) is 10.1 Å². The van der Waals surface area contributed by atoms with E-state index in [0.29, 0.717) is 34.2 Å². The van der Waals surface area contributed by atoms with E-state index in [2.05, 4.69) is 40.7 Å². The highest BCUT2D eigenvalue weighted by Gasteiger charge is 2.42. The van der Waals surface area contributed by atoms with E-state index in [1.54, 1.807) is 42.9 Å². The first-order valence-electron chi connectivity index (χ1n) is 12.6. The molecule has 0 amide bonds. The Morgan fingerprint density at radius 1 is 1.00 bits per heavy atom. The van der Waals surface area contributed by atoms with E-state index in [-0.39, 0.29) is 18.4 Å². The molecule has 4 aromatic heterocycles. The molecule has 1 aromatic carbocycles. The lowest BCUT2D eigenvalue weighted by atomic mass is 9.80. The van der Waals surface area contributed by atoms with E-state index >= 15 is 0 Å². The van der Waals surface area contributed by atoms with Crippen molar-refractivity contribution in [3.05, 3.63) is 84.4 Å². The lowest BCUT2D eigenvalue weighted by Gasteiger charge is -2.20. The van der Waals surface area contributed by atoms with Crippen molar-refractivity contribution in [2.24, 2.45) is 0 Å². The zero-order chi connectivity index (χ0) is 27.7. The van der Waals surface area contributed by atoms with Crippen molar-refractivity contribution < 1.29 is 19.3 Å². The van der Waals surface area contributed by atoms with Gasteiger partial charge in [-0.15, -0.1) is 0 Å². The first kappa shape index (κ1) is 25.6. The quantitative estimate of drug-likeness (QED) is 0.215. The molecule has 0 fully saturated rings. The zero-order valence-electron chi connectivity index (χ0n) is 21.7. The molecule has 40 heavy (non-hydrogen) atoms. The van der Waals surface area contributed by atoms with Crippen molar-refractivity contribution >= 4 is 30.2 Å². The fourth-order valence-corrected chi connectivity index (χ4v) is 4.48. The van der Waals surface area contributed by atoms with Crippen molar-refractivity contribution in [1.29, 1.82) is 0 Å². The number of rotatable bonds is 8. The molecule has 0 unspecified atom stereocenters. The minimum absolute atomic E-state index is 0.188. The van der Waals surface area contributed by atoms with Crippen LogP contribution in [0.1, 0.15) is 31.1 Å². The van der Waals surface area contributed by atoms with Gasteiger partial charge in [0, 0.05) is 29.6 Å². The molecular formula is C27H25BN8O4. The van der Waals surface area contributed by atoms with Crippen LogP contribution >= 0.6 is 0 Å². The average Bonchev–Trinajstić information content (AvgIpc) is 3.55. The van der Waals surface area contributed by atoms with Gasteiger partial charge < -0.3 is 29.9 Å². The van der Waals surface area contributed by atoms with E-state index in [1.807, 2.05) is 44.2 Å². The number of nitrogens with zero attached hydrogens (tertiary/aromatic N) is 6. The number of nitrogens with one attached hydrogen (secondary N) is 2. The van der Waals surface area contributed by atoms with Crippen molar-refractivity contribution in [3.63, 3.8) is 0 Å². The maximum Gasteiger partial charge on any atom is 0.493 e.